The van der Waals surface area contributed by atoms with Crippen molar-refractivity contribution in [2.24, 2.45) is 0 Å². The third-order valence-corrected chi connectivity index (χ3v) is 7.25. The summed E-state index contributed by atoms with van der Waals surface area (Å²) in [5.41, 5.74) is 2.49. The first-order valence-corrected chi connectivity index (χ1v) is 11.5. The van der Waals surface area contributed by atoms with Crippen molar-refractivity contribution in [1.82, 2.24) is 0 Å². The number of thiophene rings is 1. The zero-order valence-corrected chi connectivity index (χ0v) is 17.8. The molecule has 3 aromatic rings. The van der Waals surface area contributed by atoms with Crippen LogP contribution in [0.1, 0.15) is 27.7 Å². The van der Waals surface area contributed by atoms with Crippen molar-refractivity contribution in [3.05, 3.63) is 70.3 Å². The number of rotatable bonds is 5. The molecule has 1 aromatic carbocycles. The first-order chi connectivity index (χ1) is 14.0. The molecule has 7 heteroatoms. The molecule has 1 unspecified atom stereocenters. The Kier molecular flexibility index (Phi) is 6.15. The predicted octanol–water partition coefficient (Wildman–Crippen LogP) is 3.75. The molecule has 1 saturated heterocycles. The van der Waals surface area contributed by atoms with Crippen LogP contribution in [0.5, 0.6) is 0 Å². The Morgan fingerprint density at radius 3 is 2.59 bits per heavy atom. The average molecular weight is 433 g/mol. The number of aryl methyl sites for hydroxylation is 1. The molecule has 1 fully saturated rings. The van der Waals surface area contributed by atoms with E-state index in [0.29, 0.717) is 0 Å². The van der Waals surface area contributed by atoms with E-state index in [-0.39, 0.29) is 0 Å². The molecular weight excluding hydrogens is 408 g/mol. The van der Waals surface area contributed by atoms with Crippen LogP contribution in [0, 0.1) is 6.92 Å². The Balaban J connectivity index is 1.58. The van der Waals surface area contributed by atoms with Gasteiger partial charge < -0.3 is 24.5 Å². The Hall–Kier alpha value is -1.61. The van der Waals surface area contributed by atoms with Crippen molar-refractivity contribution in [3.63, 3.8) is 0 Å². The fraction of sp³-hybridized carbons (Fsp3) is 0.364. The number of ether oxygens (including phenoxy) is 1. The summed E-state index contributed by atoms with van der Waals surface area (Å²) in [6.07, 6.45) is -0.000733. The van der Waals surface area contributed by atoms with Gasteiger partial charge in [-0.05, 0) is 54.1 Å². The number of aliphatic hydroxyl groups excluding tert-OH is 3. The second-order valence-electron chi connectivity index (χ2n) is 7.24. The molecule has 0 saturated carbocycles. The molecule has 4 rings (SSSR count). The number of hydrogen-bond donors (Lipinski definition) is 3. The lowest BCUT2D eigenvalue weighted by Crippen LogP contribution is -2.52. The molecule has 0 bridgehead atoms. The van der Waals surface area contributed by atoms with Crippen LogP contribution in [0.4, 0.5) is 0 Å². The van der Waals surface area contributed by atoms with Crippen molar-refractivity contribution in [2.75, 3.05) is 6.26 Å². The smallest absolute Gasteiger partial charge is 0.143 e. The minimum absolute atomic E-state index is 0.587. The Morgan fingerprint density at radius 2 is 1.86 bits per heavy atom. The van der Waals surface area contributed by atoms with Gasteiger partial charge in [-0.25, -0.2) is 0 Å². The quantitative estimate of drug-likeness (QED) is 0.570. The fourth-order valence-corrected chi connectivity index (χ4v) is 5.26. The third kappa shape index (κ3) is 4.17. The molecule has 0 aliphatic carbocycles. The molecule has 2 aromatic heterocycles. The maximum atomic E-state index is 10.5. The summed E-state index contributed by atoms with van der Waals surface area (Å²) in [4.78, 5) is 2.30. The first kappa shape index (κ1) is 20.7. The van der Waals surface area contributed by atoms with E-state index >= 15 is 0 Å². The molecule has 0 spiro atoms. The fourth-order valence-electron chi connectivity index (χ4n) is 3.59. The van der Waals surface area contributed by atoms with E-state index in [1.807, 2.05) is 36.6 Å². The Labute approximate surface area is 178 Å². The molecule has 3 heterocycles. The van der Waals surface area contributed by atoms with Gasteiger partial charge in [0.1, 0.15) is 35.6 Å². The maximum Gasteiger partial charge on any atom is 0.143 e. The van der Waals surface area contributed by atoms with Crippen molar-refractivity contribution in [2.45, 2.75) is 43.2 Å². The summed E-state index contributed by atoms with van der Waals surface area (Å²) >= 11 is 3.01. The highest BCUT2D eigenvalue weighted by Gasteiger charge is 2.44. The number of hydrogen-bond acceptors (Lipinski definition) is 7. The van der Waals surface area contributed by atoms with E-state index in [4.69, 9.17) is 9.15 Å². The maximum absolute atomic E-state index is 10.5. The predicted molar refractivity (Wildman–Crippen MR) is 115 cm³/mol. The van der Waals surface area contributed by atoms with Crippen molar-refractivity contribution in [3.8, 4) is 10.6 Å². The molecule has 5 atom stereocenters. The van der Waals surface area contributed by atoms with Gasteiger partial charge in [0, 0.05) is 11.3 Å². The SMILES string of the molecule is CS[C@H]1OC(c2ccc(C)c(Cc3ccc(-c4ccco4)s3)c2)[C@H](O)[C@@H](O)[C@@H]1O. The van der Waals surface area contributed by atoms with Crippen molar-refractivity contribution in [1.29, 1.82) is 0 Å². The molecule has 1 aliphatic rings. The summed E-state index contributed by atoms with van der Waals surface area (Å²) in [5, 5.41) is 30.8. The van der Waals surface area contributed by atoms with Gasteiger partial charge in [0.05, 0.1) is 11.1 Å². The van der Waals surface area contributed by atoms with E-state index < -0.39 is 29.9 Å². The van der Waals surface area contributed by atoms with Crippen LogP contribution in [0.15, 0.2) is 53.1 Å². The Morgan fingerprint density at radius 1 is 1.03 bits per heavy atom. The van der Waals surface area contributed by atoms with E-state index in [0.717, 1.165) is 33.7 Å². The molecular formula is C22H24O5S2. The van der Waals surface area contributed by atoms with Crippen LogP contribution in [0.2, 0.25) is 0 Å². The number of benzene rings is 1. The highest BCUT2D eigenvalue weighted by Crippen LogP contribution is 2.37. The van der Waals surface area contributed by atoms with E-state index in [2.05, 4.69) is 19.1 Å². The summed E-state index contributed by atoms with van der Waals surface area (Å²) in [7, 11) is 0. The molecule has 3 N–H and O–H groups in total. The van der Waals surface area contributed by atoms with Crippen molar-refractivity contribution < 1.29 is 24.5 Å². The van der Waals surface area contributed by atoms with Crippen LogP contribution < -0.4 is 0 Å². The number of thioether (sulfide) groups is 1. The van der Waals surface area contributed by atoms with Gasteiger partial charge in [-0.1, -0.05) is 18.2 Å². The lowest BCUT2D eigenvalue weighted by Gasteiger charge is -2.40. The topological polar surface area (TPSA) is 83.1 Å². The molecule has 154 valence electrons. The zero-order valence-electron chi connectivity index (χ0n) is 16.2. The van der Waals surface area contributed by atoms with E-state index in [9.17, 15) is 15.3 Å². The summed E-state index contributed by atoms with van der Waals surface area (Å²) < 4.78 is 11.4. The molecule has 0 radical (unpaired) electrons. The largest absolute Gasteiger partial charge is 0.464 e. The highest BCUT2D eigenvalue weighted by molar-refractivity contribution is 7.99. The van der Waals surface area contributed by atoms with Crippen LogP contribution in [-0.4, -0.2) is 45.3 Å². The molecule has 5 nitrogen and oxygen atoms in total. The monoisotopic (exact) mass is 432 g/mol. The van der Waals surface area contributed by atoms with Crippen LogP contribution in [0.3, 0.4) is 0 Å². The lowest BCUT2D eigenvalue weighted by atomic mass is 9.92. The lowest BCUT2D eigenvalue weighted by molar-refractivity contribution is -0.200. The second-order valence-corrected chi connectivity index (χ2v) is 9.34. The van der Waals surface area contributed by atoms with Gasteiger partial charge >= 0.3 is 0 Å². The zero-order chi connectivity index (χ0) is 20.5. The molecule has 0 amide bonds. The number of furan rings is 1. The molecule has 29 heavy (non-hydrogen) atoms. The normalized spacial score (nSPS) is 27.3. The van der Waals surface area contributed by atoms with Gasteiger partial charge in [-0.2, -0.15) is 0 Å². The second kappa shape index (κ2) is 8.63. The van der Waals surface area contributed by atoms with E-state index in [1.54, 1.807) is 17.6 Å². The van der Waals surface area contributed by atoms with E-state index in [1.165, 1.54) is 16.6 Å². The summed E-state index contributed by atoms with van der Waals surface area (Å²) in [5.74, 6) is 0.862. The summed E-state index contributed by atoms with van der Waals surface area (Å²) in [6, 6.07) is 13.9. The third-order valence-electron chi connectivity index (χ3n) is 5.29. The Bertz CT molecular complexity index is 950. The van der Waals surface area contributed by atoms with Gasteiger partial charge in [0.2, 0.25) is 0 Å². The average Bonchev–Trinajstić information content (AvgIpc) is 3.40. The first-order valence-electron chi connectivity index (χ1n) is 9.42. The minimum atomic E-state index is -1.25. The minimum Gasteiger partial charge on any atom is -0.464 e. The standard InChI is InChI=1S/C22H24O5S2/c1-12-5-6-13(21-19(24)18(23)20(25)22(27-21)28-2)10-14(12)11-15-7-8-17(29-15)16-4-3-9-26-16/h3-10,18-25H,11H2,1-2H3/t18-,19-,20+,21?,22-/m1/s1. The van der Waals surface area contributed by atoms with Gasteiger partial charge in [-0.3, -0.25) is 0 Å². The van der Waals surface area contributed by atoms with Crippen LogP contribution in [-0.2, 0) is 11.2 Å². The van der Waals surface area contributed by atoms with Gasteiger partial charge in [0.15, 0.2) is 0 Å². The highest BCUT2D eigenvalue weighted by atomic mass is 32.2. The number of aliphatic hydroxyl groups is 3. The summed E-state index contributed by atoms with van der Waals surface area (Å²) in [6.45, 7) is 2.06. The van der Waals surface area contributed by atoms with Gasteiger partial charge in [-0.15, -0.1) is 23.1 Å². The molecule has 1 aliphatic heterocycles. The van der Waals surface area contributed by atoms with Gasteiger partial charge in [0.25, 0.3) is 0 Å². The van der Waals surface area contributed by atoms with Crippen LogP contribution in [0.25, 0.3) is 10.6 Å². The van der Waals surface area contributed by atoms with Crippen LogP contribution >= 0.6 is 23.1 Å². The van der Waals surface area contributed by atoms with Crippen molar-refractivity contribution >= 4 is 23.1 Å².